The normalized spacial score (nSPS) is 16.1. The van der Waals surface area contributed by atoms with Crippen LogP contribution in [0.5, 0.6) is 0 Å². The van der Waals surface area contributed by atoms with Crippen molar-refractivity contribution in [3.8, 4) is 0 Å². The Morgan fingerprint density at radius 3 is 2.12 bits per heavy atom. The fourth-order valence-electron chi connectivity index (χ4n) is 2.78. The van der Waals surface area contributed by atoms with Gasteiger partial charge in [-0.2, -0.15) is 0 Å². The molecular weight excluding hydrogens is 306 g/mol. The van der Waals surface area contributed by atoms with E-state index in [4.69, 9.17) is 10.5 Å². The predicted molar refractivity (Wildman–Crippen MR) is 92.5 cm³/mol. The van der Waals surface area contributed by atoms with Crippen LogP contribution in [-0.2, 0) is 20.7 Å². The second-order valence-electron chi connectivity index (χ2n) is 6.22. The van der Waals surface area contributed by atoms with Gasteiger partial charge in [0.2, 0.25) is 11.8 Å². The van der Waals surface area contributed by atoms with Crippen LogP contribution < -0.4 is 5.73 Å². The highest BCUT2D eigenvalue weighted by atomic mass is 16.5. The lowest BCUT2D eigenvalue weighted by molar-refractivity contribution is -0.140. The van der Waals surface area contributed by atoms with E-state index in [9.17, 15) is 9.59 Å². The summed E-state index contributed by atoms with van der Waals surface area (Å²) in [6.07, 6.45) is 0.468. The topological polar surface area (TPSA) is 75.9 Å². The van der Waals surface area contributed by atoms with Gasteiger partial charge in [-0.05, 0) is 12.5 Å². The Kier molecular flexibility index (Phi) is 6.75. The van der Waals surface area contributed by atoms with Crippen molar-refractivity contribution in [1.82, 2.24) is 9.80 Å². The molecule has 1 aliphatic rings. The van der Waals surface area contributed by atoms with Crippen molar-refractivity contribution < 1.29 is 14.3 Å². The summed E-state index contributed by atoms with van der Waals surface area (Å²) in [5.74, 6) is 0.153. The lowest BCUT2D eigenvalue weighted by Gasteiger charge is -2.35. The van der Waals surface area contributed by atoms with Crippen LogP contribution in [0.15, 0.2) is 24.3 Å². The van der Waals surface area contributed by atoms with Crippen LogP contribution in [0.2, 0.25) is 0 Å². The van der Waals surface area contributed by atoms with Gasteiger partial charge in [-0.15, -0.1) is 0 Å². The van der Waals surface area contributed by atoms with E-state index >= 15 is 0 Å². The van der Waals surface area contributed by atoms with Crippen LogP contribution in [0.1, 0.15) is 17.5 Å². The van der Waals surface area contributed by atoms with E-state index in [-0.39, 0.29) is 17.9 Å². The monoisotopic (exact) mass is 333 g/mol. The molecule has 24 heavy (non-hydrogen) atoms. The molecule has 0 saturated carbocycles. The minimum Gasteiger partial charge on any atom is -0.380 e. The highest BCUT2D eigenvalue weighted by Gasteiger charge is 2.25. The molecule has 1 saturated heterocycles. The quantitative estimate of drug-likeness (QED) is 0.826. The standard InChI is InChI=1S/C18H27N3O3/c1-14-3-5-15(6-4-14)11-17(22)20-7-9-21(10-8-20)18(23)12-16(13-19)24-2/h3-6,16H,7-13,19H2,1-2H3. The molecular formula is C18H27N3O3. The molecule has 1 aromatic rings. The molecule has 0 bridgehead atoms. The molecule has 0 aromatic heterocycles. The predicted octanol–water partition coefficient (Wildman–Crippen LogP) is 0.572. The number of carbonyl (C=O) groups excluding carboxylic acids is 2. The van der Waals surface area contributed by atoms with E-state index in [0.29, 0.717) is 45.6 Å². The molecule has 1 aliphatic heterocycles. The Balaban J connectivity index is 1.80. The summed E-state index contributed by atoms with van der Waals surface area (Å²) in [5, 5.41) is 0. The lowest BCUT2D eigenvalue weighted by Crippen LogP contribution is -2.51. The van der Waals surface area contributed by atoms with Gasteiger partial charge in [0.25, 0.3) is 0 Å². The van der Waals surface area contributed by atoms with Gasteiger partial charge in [-0.3, -0.25) is 9.59 Å². The number of methoxy groups -OCH3 is 1. The van der Waals surface area contributed by atoms with E-state index < -0.39 is 0 Å². The Bertz CT molecular complexity index is 547. The van der Waals surface area contributed by atoms with Crippen molar-refractivity contribution >= 4 is 11.8 Å². The Hall–Kier alpha value is -1.92. The minimum absolute atomic E-state index is 0.0398. The van der Waals surface area contributed by atoms with Gasteiger partial charge in [0, 0.05) is 39.8 Å². The maximum absolute atomic E-state index is 12.4. The van der Waals surface area contributed by atoms with Crippen LogP contribution in [-0.4, -0.2) is 67.6 Å². The molecule has 2 N–H and O–H groups in total. The number of ether oxygens (including phenoxy) is 1. The molecule has 2 amide bonds. The van der Waals surface area contributed by atoms with Crippen molar-refractivity contribution in [1.29, 1.82) is 0 Å². The van der Waals surface area contributed by atoms with Crippen LogP contribution in [0.25, 0.3) is 0 Å². The summed E-state index contributed by atoms with van der Waals surface area (Å²) >= 11 is 0. The number of benzene rings is 1. The average molecular weight is 333 g/mol. The maximum Gasteiger partial charge on any atom is 0.227 e. The Morgan fingerprint density at radius 1 is 1.08 bits per heavy atom. The molecule has 0 aliphatic carbocycles. The molecule has 1 heterocycles. The van der Waals surface area contributed by atoms with E-state index in [1.807, 2.05) is 36.1 Å². The molecule has 2 rings (SSSR count). The summed E-state index contributed by atoms with van der Waals surface area (Å²) in [5.41, 5.74) is 7.77. The van der Waals surface area contributed by atoms with Gasteiger partial charge in [-0.1, -0.05) is 29.8 Å². The fraction of sp³-hybridized carbons (Fsp3) is 0.556. The number of piperazine rings is 1. The summed E-state index contributed by atoms with van der Waals surface area (Å²) in [7, 11) is 1.56. The van der Waals surface area contributed by atoms with Crippen molar-refractivity contribution in [3.05, 3.63) is 35.4 Å². The van der Waals surface area contributed by atoms with E-state index in [2.05, 4.69) is 0 Å². The van der Waals surface area contributed by atoms with Gasteiger partial charge in [0.05, 0.1) is 18.9 Å². The summed E-state index contributed by atoms with van der Waals surface area (Å²) in [4.78, 5) is 28.2. The average Bonchev–Trinajstić information content (AvgIpc) is 2.61. The highest BCUT2D eigenvalue weighted by Crippen LogP contribution is 2.10. The zero-order valence-corrected chi connectivity index (χ0v) is 14.5. The third-order valence-corrected chi connectivity index (χ3v) is 4.46. The number of carbonyl (C=O) groups is 2. The molecule has 1 atom stereocenters. The fourth-order valence-corrected chi connectivity index (χ4v) is 2.78. The van der Waals surface area contributed by atoms with Crippen molar-refractivity contribution in [2.45, 2.75) is 25.9 Å². The van der Waals surface area contributed by atoms with Crippen molar-refractivity contribution in [2.75, 3.05) is 39.8 Å². The van der Waals surface area contributed by atoms with Crippen LogP contribution >= 0.6 is 0 Å². The van der Waals surface area contributed by atoms with Crippen LogP contribution in [0.4, 0.5) is 0 Å². The number of aryl methyl sites for hydroxylation is 1. The summed E-state index contributed by atoms with van der Waals surface area (Å²) in [6.45, 7) is 4.66. The van der Waals surface area contributed by atoms with Crippen molar-refractivity contribution in [3.63, 3.8) is 0 Å². The second-order valence-corrected chi connectivity index (χ2v) is 6.22. The largest absolute Gasteiger partial charge is 0.380 e. The van der Waals surface area contributed by atoms with Crippen LogP contribution in [0.3, 0.4) is 0 Å². The molecule has 132 valence electrons. The molecule has 1 fully saturated rings. The van der Waals surface area contributed by atoms with Crippen molar-refractivity contribution in [2.24, 2.45) is 5.73 Å². The summed E-state index contributed by atoms with van der Waals surface area (Å²) in [6, 6.07) is 8.02. The van der Waals surface area contributed by atoms with Gasteiger partial charge >= 0.3 is 0 Å². The number of nitrogens with zero attached hydrogens (tertiary/aromatic N) is 2. The van der Waals surface area contributed by atoms with Gasteiger partial charge in [-0.25, -0.2) is 0 Å². The zero-order chi connectivity index (χ0) is 17.5. The maximum atomic E-state index is 12.4. The number of hydrogen-bond acceptors (Lipinski definition) is 4. The number of rotatable bonds is 6. The number of amides is 2. The first-order valence-electron chi connectivity index (χ1n) is 8.37. The van der Waals surface area contributed by atoms with E-state index in [1.165, 1.54) is 5.56 Å². The van der Waals surface area contributed by atoms with Crippen LogP contribution in [0, 0.1) is 6.92 Å². The lowest BCUT2D eigenvalue weighted by atomic mass is 10.1. The SMILES string of the molecule is COC(CN)CC(=O)N1CCN(C(=O)Cc2ccc(C)cc2)CC1. The smallest absolute Gasteiger partial charge is 0.227 e. The molecule has 0 radical (unpaired) electrons. The Labute approximate surface area is 143 Å². The number of hydrogen-bond donors (Lipinski definition) is 1. The first-order chi connectivity index (χ1) is 11.5. The van der Waals surface area contributed by atoms with Gasteiger partial charge in [0.15, 0.2) is 0 Å². The molecule has 0 spiro atoms. The zero-order valence-electron chi connectivity index (χ0n) is 14.5. The summed E-state index contributed by atoms with van der Waals surface area (Å²) < 4.78 is 5.16. The van der Waals surface area contributed by atoms with Gasteiger partial charge in [0.1, 0.15) is 0 Å². The third-order valence-electron chi connectivity index (χ3n) is 4.46. The van der Waals surface area contributed by atoms with Gasteiger partial charge < -0.3 is 20.3 Å². The molecule has 1 aromatic carbocycles. The molecule has 6 nitrogen and oxygen atoms in total. The first kappa shape index (κ1) is 18.4. The van der Waals surface area contributed by atoms with E-state index in [0.717, 1.165) is 5.56 Å². The number of nitrogens with two attached hydrogens (primary N) is 1. The minimum atomic E-state index is -0.237. The Morgan fingerprint density at radius 2 is 1.62 bits per heavy atom. The third kappa shape index (κ3) is 5.04. The highest BCUT2D eigenvalue weighted by molar-refractivity contribution is 5.80. The molecule has 1 unspecified atom stereocenters. The second kappa shape index (κ2) is 8.80. The first-order valence-corrected chi connectivity index (χ1v) is 8.37. The molecule has 6 heteroatoms. The van der Waals surface area contributed by atoms with E-state index in [1.54, 1.807) is 12.0 Å².